The third kappa shape index (κ3) is 4.50. The lowest BCUT2D eigenvalue weighted by atomic mass is 9.96. The minimum atomic E-state index is 0.109. The second-order valence-corrected chi connectivity index (χ2v) is 6.62. The van der Waals surface area contributed by atoms with E-state index in [1.165, 1.54) is 16.0 Å². The maximum Gasteiger partial charge on any atom is 0.246 e. The number of carbonyl (C=O) groups is 1. The Morgan fingerprint density at radius 3 is 1.96 bits per heavy atom. The van der Waals surface area contributed by atoms with Crippen LogP contribution in [0, 0.1) is 0 Å². The van der Waals surface area contributed by atoms with Gasteiger partial charge in [-0.15, -0.1) is 0 Å². The van der Waals surface area contributed by atoms with E-state index in [2.05, 4.69) is 60.7 Å². The minimum Gasteiger partial charge on any atom is -0.328 e. The standard InChI is InChI=1S/C23H26N2O/c1-2-3-6-15-22(26)24-16-18-25(19-17-24)23(20-11-7-4-8-12-20)21-13-9-5-10-14-21/h2-15,23H,16-19H2,1H3/p+1/b3-2+,15-6+. The first-order valence-corrected chi connectivity index (χ1v) is 9.32. The molecule has 3 nitrogen and oxygen atoms in total. The van der Waals surface area contributed by atoms with E-state index in [-0.39, 0.29) is 5.91 Å². The molecule has 1 amide bonds. The smallest absolute Gasteiger partial charge is 0.246 e. The van der Waals surface area contributed by atoms with Gasteiger partial charge in [0.25, 0.3) is 0 Å². The van der Waals surface area contributed by atoms with Crippen LogP contribution in [0.1, 0.15) is 24.1 Å². The van der Waals surface area contributed by atoms with Gasteiger partial charge in [-0.3, -0.25) is 4.79 Å². The minimum absolute atomic E-state index is 0.109. The lowest BCUT2D eigenvalue weighted by molar-refractivity contribution is -0.929. The van der Waals surface area contributed by atoms with Crippen LogP contribution < -0.4 is 4.90 Å². The molecule has 134 valence electrons. The van der Waals surface area contributed by atoms with E-state index >= 15 is 0 Å². The van der Waals surface area contributed by atoms with Crippen molar-refractivity contribution in [2.75, 3.05) is 26.2 Å². The normalized spacial score (nSPS) is 16.0. The average Bonchev–Trinajstić information content (AvgIpc) is 2.70. The molecule has 0 aliphatic carbocycles. The van der Waals surface area contributed by atoms with Gasteiger partial charge in [0.05, 0.1) is 26.2 Å². The molecule has 1 heterocycles. The molecule has 1 saturated heterocycles. The summed E-state index contributed by atoms with van der Waals surface area (Å²) in [5, 5.41) is 0. The number of nitrogens with one attached hydrogen (secondary N) is 1. The number of amides is 1. The first kappa shape index (κ1) is 18.2. The van der Waals surface area contributed by atoms with E-state index in [0.29, 0.717) is 6.04 Å². The fourth-order valence-electron chi connectivity index (χ4n) is 3.61. The number of hydrogen-bond donors (Lipinski definition) is 1. The summed E-state index contributed by atoms with van der Waals surface area (Å²) in [4.78, 5) is 15.8. The summed E-state index contributed by atoms with van der Waals surface area (Å²) in [6, 6.07) is 21.7. The van der Waals surface area contributed by atoms with Crippen molar-refractivity contribution in [3.63, 3.8) is 0 Å². The van der Waals surface area contributed by atoms with Crippen molar-refractivity contribution in [1.29, 1.82) is 0 Å². The van der Waals surface area contributed by atoms with Crippen LogP contribution in [-0.2, 0) is 4.79 Å². The third-order valence-corrected chi connectivity index (χ3v) is 4.93. The number of nitrogens with zero attached hydrogens (tertiary/aromatic N) is 1. The number of quaternary nitrogens is 1. The highest BCUT2D eigenvalue weighted by Gasteiger charge is 2.30. The van der Waals surface area contributed by atoms with Gasteiger partial charge in [0.2, 0.25) is 5.91 Å². The molecular weight excluding hydrogens is 320 g/mol. The lowest BCUT2D eigenvalue weighted by Crippen LogP contribution is -3.15. The van der Waals surface area contributed by atoms with E-state index < -0.39 is 0 Å². The second kappa shape index (κ2) is 9.16. The Morgan fingerprint density at radius 2 is 1.46 bits per heavy atom. The van der Waals surface area contributed by atoms with Gasteiger partial charge in [0.15, 0.2) is 0 Å². The molecule has 3 rings (SSSR count). The molecule has 0 unspecified atom stereocenters. The fraction of sp³-hybridized carbons (Fsp3) is 0.261. The van der Waals surface area contributed by atoms with Crippen molar-refractivity contribution in [2.45, 2.75) is 13.0 Å². The summed E-state index contributed by atoms with van der Waals surface area (Å²) >= 11 is 0. The Bertz CT molecular complexity index is 705. The Kier molecular flexibility index (Phi) is 6.39. The van der Waals surface area contributed by atoms with Crippen molar-refractivity contribution in [2.24, 2.45) is 0 Å². The molecule has 0 radical (unpaired) electrons. The molecule has 0 spiro atoms. The van der Waals surface area contributed by atoms with Crippen LogP contribution in [0.3, 0.4) is 0 Å². The summed E-state index contributed by atoms with van der Waals surface area (Å²) in [5.74, 6) is 0.109. The fourth-order valence-corrected chi connectivity index (χ4v) is 3.61. The maximum atomic E-state index is 12.3. The van der Waals surface area contributed by atoms with Crippen molar-refractivity contribution in [3.05, 3.63) is 96.1 Å². The van der Waals surface area contributed by atoms with Crippen molar-refractivity contribution >= 4 is 5.91 Å². The SMILES string of the molecule is C/C=C/C=C/C(=O)N1CC[NH+](C(c2ccccc2)c2ccccc2)CC1. The van der Waals surface area contributed by atoms with Crippen LogP contribution in [0.25, 0.3) is 0 Å². The maximum absolute atomic E-state index is 12.3. The predicted octanol–water partition coefficient (Wildman–Crippen LogP) is 2.64. The molecule has 0 aromatic heterocycles. The van der Waals surface area contributed by atoms with Gasteiger partial charge < -0.3 is 9.80 Å². The summed E-state index contributed by atoms with van der Waals surface area (Å²) in [5.41, 5.74) is 2.67. The summed E-state index contributed by atoms with van der Waals surface area (Å²) < 4.78 is 0. The highest BCUT2D eigenvalue weighted by molar-refractivity contribution is 5.87. The number of rotatable bonds is 5. The molecule has 2 aromatic rings. The zero-order valence-corrected chi connectivity index (χ0v) is 15.3. The van der Waals surface area contributed by atoms with Gasteiger partial charge in [-0.25, -0.2) is 0 Å². The quantitative estimate of drug-likeness (QED) is 0.653. The average molecular weight is 347 g/mol. The van der Waals surface area contributed by atoms with E-state index in [4.69, 9.17) is 0 Å². The Hall–Kier alpha value is -2.65. The summed E-state index contributed by atoms with van der Waals surface area (Å²) in [6.45, 7) is 5.45. The lowest BCUT2D eigenvalue weighted by Gasteiger charge is -2.36. The molecule has 26 heavy (non-hydrogen) atoms. The third-order valence-electron chi connectivity index (χ3n) is 4.93. The molecule has 2 aromatic carbocycles. The molecule has 0 atom stereocenters. The van der Waals surface area contributed by atoms with Crippen LogP contribution in [0.4, 0.5) is 0 Å². The molecule has 3 heteroatoms. The van der Waals surface area contributed by atoms with Gasteiger partial charge >= 0.3 is 0 Å². The van der Waals surface area contributed by atoms with Crippen LogP contribution in [0.2, 0.25) is 0 Å². The second-order valence-electron chi connectivity index (χ2n) is 6.62. The van der Waals surface area contributed by atoms with Gasteiger partial charge in [0, 0.05) is 17.2 Å². The molecule has 1 fully saturated rings. The molecule has 1 aliphatic heterocycles. The molecule has 1 aliphatic rings. The van der Waals surface area contributed by atoms with E-state index in [0.717, 1.165) is 26.2 Å². The van der Waals surface area contributed by atoms with Gasteiger partial charge in [0.1, 0.15) is 6.04 Å². The first-order valence-electron chi connectivity index (χ1n) is 9.32. The van der Waals surface area contributed by atoms with Crippen molar-refractivity contribution in [3.8, 4) is 0 Å². The molecule has 0 bridgehead atoms. The van der Waals surface area contributed by atoms with E-state index in [9.17, 15) is 4.79 Å². The predicted molar refractivity (Wildman–Crippen MR) is 106 cm³/mol. The van der Waals surface area contributed by atoms with Crippen molar-refractivity contribution in [1.82, 2.24) is 4.90 Å². The zero-order chi connectivity index (χ0) is 18.2. The Balaban J connectivity index is 1.73. The van der Waals surface area contributed by atoms with Crippen LogP contribution in [0.5, 0.6) is 0 Å². The van der Waals surface area contributed by atoms with Crippen LogP contribution in [-0.4, -0.2) is 37.0 Å². The first-order chi connectivity index (χ1) is 12.8. The van der Waals surface area contributed by atoms with E-state index in [1.54, 1.807) is 6.08 Å². The van der Waals surface area contributed by atoms with E-state index in [1.807, 2.05) is 30.1 Å². The summed E-state index contributed by atoms with van der Waals surface area (Å²) in [7, 11) is 0. The molecular formula is C23H27N2O+. The highest BCUT2D eigenvalue weighted by atomic mass is 16.2. The monoisotopic (exact) mass is 347 g/mol. The number of carbonyl (C=O) groups excluding carboxylic acids is 1. The van der Waals surface area contributed by atoms with Gasteiger partial charge in [-0.05, 0) is 6.92 Å². The molecule has 0 saturated carbocycles. The van der Waals surface area contributed by atoms with Crippen LogP contribution >= 0.6 is 0 Å². The Morgan fingerprint density at radius 1 is 0.923 bits per heavy atom. The van der Waals surface area contributed by atoms with Gasteiger partial charge in [-0.1, -0.05) is 78.9 Å². The number of allylic oxidation sites excluding steroid dienone is 3. The number of hydrogen-bond acceptors (Lipinski definition) is 1. The Labute approximate surface area is 156 Å². The van der Waals surface area contributed by atoms with Crippen molar-refractivity contribution < 1.29 is 9.69 Å². The number of benzene rings is 2. The van der Waals surface area contributed by atoms with Crippen LogP contribution in [0.15, 0.2) is 85.0 Å². The highest BCUT2D eigenvalue weighted by Crippen LogP contribution is 2.19. The largest absolute Gasteiger partial charge is 0.328 e. The molecule has 1 N–H and O–H groups in total. The number of piperazine rings is 1. The topological polar surface area (TPSA) is 24.8 Å². The zero-order valence-electron chi connectivity index (χ0n) is 15.3. The summed E-state index contributed by atoms with van der Waals surface area (Å²) in [6.07, 6.45) is 7.30. The van der Waals surface area contributed by atoms with Gasteiger partial charge in [-0.2, -0.15) is 0 Å².